The maximum atomic E-state index is 13.4. The summed E-state index contributed by atoms with van der Waals surface area (Å²) in [7, 11) is 5.45. The number of carbonyl (C=O) groups excluding carboxylic acids is 3. The van der Waals surface area contributed by atoms with E-state index in [1.54, 1.807) is 55.7 Å². The number of hydrogen-bond acceptors (Lipinski definition) is 6. The minimum atomic E-state index is -0.471. The largest absolute Gasteiger partial charge is 0.497 e. The molecule has 222 valence electrons. The summed E-state index contributed by atoms with van der Waals surface area (Å²) >= 11 is 0. The predicted molar refractivity (Wildman–Crippen MR) is 169 cm³/mol. The van der Waals surface area contributed by atoms with E-state index < -0.39 is 6.03 Å². The highest BCUT2D eigenvalue weighted by molar-refractivity contribution is 6.16. The molecule has 3 N–H and O–H groups in total. The Morgan fingerprint density at radius 2 is 1.63 bits per heavy atom. The number of hydrogen-bond donors (Lipinski definition) is 3. The highest BCUT2D eigenvalue weighted by Gasteiger charge is 2.29. The summed E-state index contributed by atoms with van der Waals surface area (Å²) < 4.78 is 13.6. The Balaban J connectivity index is 1.27. The molecule has 4 aromatic rings. The van der Waals surface area contributed by atoms with E-state index in [1.165, 1.54) is 0 Å². The van der Waals surface area contributed by atoms with E-state index in [1.807, 2.05) is 44.1 Å². The molecule has 0 atom stereocenters. The van der Waals surface area contributed by atoms with Gasteiger partial charge in [0.15, 0.2) is 5.76 Å². The van der Waals surface area contributed by atoms with Crippen LogP contribution in [0.15, 0.2) is 66.4 Å². The molecule has 3 amide bonds. The first-order chi connectivity index (χ1) is 20.7. The smallest absolute Gasteiger partial charge is 0.323 e. The summed E-state index contributed by atoms with van der Waals surface area (Å²) in [6, 6.07) is 17.2. The maximum Gasteiger partial charge on any atom is 0.323 e. The minimum Gasteiger partial charge on any atom is -0.497 e. The van der Waals surface area contributed by atoms with Gasteiger partial charge in [-0.3, -0.25) is 9.59 Å². The third kappa shape index (κ3) is 6.39. The van der Waals surface area contributed by atoms with E-state index in [9.17, 15) is 14.4 Å². The van der Waals surface area contributed by atoms with Crippen LogP contribution in [0.5, 0.6) is 11.5 Å². The van der Waals surface area contributed by atoms with Crippen LogP contribution < -0.4 is 25.4 Å². The van der Waals surface area contributed by atoms with Crippen molar-refractivity contribution in [3.8, 4) is 11.5 Å². The number of fused-ring (bicyclic) bond motifs is 2. The molecule has 0 aliphatic carbocycles. The summed E-state index contributed by atoms with van der Waals surface area (Å²) in [6.45, 7) is 5.53. The molecule has 5 rings (SSSR count). The lowest BCUT2D eigenvalue weighted by molar-refractivity contribution is -0.116. The molecule has 0 unspecified atom stereocenters. The Hall–Kier alpha value is -5.09. The van der Waals surface area contributed by atoms with Gasteiger partial charge in [-0.1, -0.05) is 0 Å². The molecule has 0 bridgehead atoms. The molecule has 0 saturated carbocycles. The van der Waals surface area contributed by atoms with Gasteiger partial charge in [0.25, 0.3) is 0 Å². The fraction of sp³-hybridized carbons (Fsp3) is 0.242. The molecule has 43 heavy (non-hydrogen) atoms. The monoisotopic (exact) mass is 581 g/mol. The van der Waals surface area contributed by atoms with Crippen molar-refractivity contribution in [3.05, 3.63) is 83.2 Å². The van der Waals surface area contributed by atoms with Gasteiger partial charge in [-0.15, -0.1) is 0 Å². The summed E-state index contributed by atoms with van der Waals surface area (Å²) in [4.78, 5) is 40.0. The number of carbonyl (C=O) groups is 3. The Kier molecular flexibility index (Phi) is 8.49. The van der Waals surface area contributed by atoms with E-state index in [4.69, 9.17) is 9.47 Å². The molecule has 1 aliphatic heterocycles. The predicted octanol–water partition coefficient (Wildman–Crippen LogP) is 6.13. The fourth-order valence-corrected chi connectivity index (χ4v) is 5.08. The number of benzene rings is 3. The van der Waals surface area contributed by atoms with Gasteiger partial charge >= 0.3 is 6.03 Å². The second kappa shape index (κ2) is 12.4. The number of anilines is 3. The molecule has 10 nitrogen and oxygen atoms in total. The maximum absolute atomic E-state index is 13.4. The molecule has 10 heteroatoms. The van der Waals surface area contributed by atoms with Gasteiger partial charge in [0.1, 0.15) is 11.5 Å². The third-order valence-corrected chi connectivity index (χ3v) is 7.31. The van der Waals surface area contributed by atoms with Crippen LogP contribution in [0.4, 0.5) is 21.9 Å². The van der Waals surface area contributed by atoms with Crippen LogP contribution in [0.25, 0.3) is 17.0 Å². The second-order valence-corrected chi connectivity index (χ2v) is 10.5. The number of nitrogens with one attached hydrogen (secondary N) is 3. The van der Waals surface area contributed by atoms with Crippen molar-refractivity contribution in [1.82, 2.24) is 9.47 Å². The normalized spacial score (nSPS) is 13.3. The van der Waals surface area contributed by atoms with Crippen LogP contribution >= 0.6 is 0 Å². The number of allylic oxidation sites excluding steroid dienone is 1. The molecule has 3 aromatic carbocycles. The highest BCUT2D eigenvalue weighted by Crippen LogP contribution is 2.36. The first-order valence-electron chi connectivity index (χ1n) is 14.0. The topological polar surface area (TPSA) is 114 Å². The number of amides is 3. The van der Waals surface area contributed by atoms with Crippen LogP contribution in [-0.2, 0) is 11.3 Å². The van der Waals surface area contributed by atoms with E-state index in [2.05, 4.69) is 27.4 Å². The van der Waals surface area contributed by atoms with Gasteiger partial charge in [0.05, 0.1) is 12.7 Å². The number of urea groups is 1. The molecular formula is C33H35N5O5. The quantitative estimate of drug-likeness (QED) is 0.205. The Bertz CT molecular complexity index is 1740. The van der Waals surface area contributed by atoms with Crippen molar-refractivity contribution < 1.29 is 23.9 Å². The number of ketones is 1. The van der Waals surface area contributed by atoms with Crippen LogP contribution in [0.1, 0.15) is 35.0 Å². The fourth-order valence-electron chi connectivity index (χ4n) is 5.08. The molecule has 0 spiro atoms. The molecule has 0 fully saturated rings. The number of aryl methyl sites for hydroxylation is 1. The van der Waals surface area contributed by atoms with Crippen molar-refractivity contribution in [2.75, 3.05) is 43.7 Å². The van der Waals surface area contributed by atoms with E-state index in [-0.39, 0.29) is 17.4 Å². The third-order valence-electron chi connectivity index (χ3n) is 7.31. The number of methoxy groups -OCH3 is 1. The van der Waals surface area contributed by atoms with Crippen molar-refractivity contribution in [1.29, 1.82) is 0 Å². The zero-order chi connectivity index (χ0) is 30.7. The van der Waals surface area contributed by atoms with E-state index in [0.29, 0.717) is 41.3 Å². The van der Waals surface area contributed by atoms with Crippen molar-refractivity contribution in [2.45, 2.75) is 26.8 Å². The van der Waals surface area contributed by atoms with Gasteiger partial charge in [-0.05, 0) is 94.7 Å². The zero-order valence-electron chi connectivity index (χ0n) is 24.9. The van der Waals surface area contributed by atoms with E-state index in [0.717, 1.165) is 34.5 Å². The highest BCUT2D eigenvalue weighted by atomic mass is 16.5. The van der Waals surface area contributed by atoms with Crippen molar-refractivity contribution in [3.63, 3.8) is 0 Å². The molecule has 0 radical (unpaired) electrons. The van der Waals surface area contributed by atoms with Crippen LogP contribution in [0, 0.1) is 6.92 Å². The van der Waals surface area contributed by atoms with Gasteiger partial charge < -0.3 is 34.9 Å². The molecule has 0 saturated heterocycles. The number of aromatic nitrogens is 1. The van der Waals surface area contributed by atoms with Crippen LogP contribution in [0.3, 0.4) is 0 Å². The van der Waals surface area contributed by atoms with Crippen LogP contribution in [0.2, 0.25) is 0 Å². The summed E-state index contributed by atoms with van der Waals surface area (Å²) in [6.07, 6.45) is 2.17. The average Bonchev–Trinajstić information content (AvgIpc) is 3.44. The Morgan fingerprint density at radius 3 is 2.30 bits per heavy atom. The Morgan fingerprint density at radius 1 is 0.953 bits per heavy atom. The van der Waals surface area contributed by atoms with Gasteiger partial charge in [0.2, 0.25) is 11.7 Å². The molecule has 2 heterocycles. The lowest BCUT2D eigenvalue weighted by Crippen LogP contribution is -2.21. The van der Waals surface area contributed by atoms with Gasteiger partial charge in [-0.2, -0.15) is 0 Å². The average molecular weight is 582 g/mol. The SMILES string of the molecule is CCn1c(C)c(/C=C2\Oc3ccc(NC(=O)Nc4ccc(NC(=O)CCN(C)C)cc4)cc3C2=O)c2cc(OC)ccc21. The standard InChI is InChI=1S/C33H35N5O5/c1-6-38-20(2)25(26-18-24(42-5)12-13-28(26)38)19-30-32(40)27-17-23(11-14-29(27)43-30)36-33(41)35-22-9-7-21(8-10-22)34-31(39)15-16-37(3)4/h7-14,17-19H,6,15-16H2,1-5H3,(H,34,39)(H2,35,36,41)/b30-19-. The first kappa shape index (κ1) is 29.4. The number of nitrogens with zero attached hydrogens (tertiary/aromatic N) is 2. The van der Waals surface area contributed by atoms with Crippen LogP contribution in [-0.4, -0.2) is 54.9 Å². The molecule has 1 aliphatic rings. The second-order valence-electron chi connectivity index (χ2n) is 10.5. The Labute approximate surface area is 250 Å². The lowest BCUT2D eigenvalue weighted by Gasteiger charge is -2.11. The summed E-state index contributed by atoms with van der Waals surface area (Å²) in [5, 5.41) is 9.34. The number of ether oxygens (including phenoxy) is 2. The minimum absolute atomic E-state index is 0.0802. The number of rotatable bonds is 9. The lowest BCUT2D eigenvalue weighted by atomic mass is 10.1. The molecule has 1 aromatic heterocycles. The van der Waals surface area contributed by atoms with E-state index >= 15 is 0 Å². The molecular weight excluding hydrogens is 546 g/mol. The van der Waals surface area contributed by atoms with Crippen molar-refractivity contribution >= 4 is 51.8 Å². The van der Waals surface area contributed by atoms with Gasteiger partial charge in [-0.25, -0.2) is 4.79 Å². The van der Waals surface area contributed by atoms with Gasteiger partial charge in [0, 0.05) is 58.7 Å². The van der Waals surface area contributed by atoms with Crippen molar-refractivity contribution in [2.24, 2.45) is 0 Å². The first-order valence-corrected chi connectivity index (χ1v) is 14.0. The zero-order valence-corrected chi connectivity index (χ0v) is 24.9. The summed E-state index contributed by atoms with van der Waals surface area (Å²) in [5.41, 5.74) is 4.97. The number of Topliss-reactive ketones (excluding diaryl/α,β-unsaturated/α-hetero) is 1. The summed E-state index contributed by atoms with van der Waals surface area (Å²) in [5.74, 6) is 1.03.